The smallest absolute Gasteiger partial charge is 0.0521 e. The van der Waals surface area contributed by atoms with Crippen LogP contribution in [0.5, 0.6) is 0 Å². The molecule has 0 aliphatic carbocycles. The summed E-state index contributed by atoms with van der Waals surface area (Å²) in [7, 11) is 0. The maximum atomic E-state index is 8.68. The fourth-order valence-electron chi connectivity index (χ4n) is 1.59. The molecule has 0 spiro atoms. The Kier molecular flexibility index (Phi) is 9.48. The normalized spacial score (nSPS) is 10.8. The van der Waals surface area contributed by atoms with Gasteiger partial charge >= 0.3 is 0 Å². The Morgan fingerprint density at radius 1 is 0.667 bits per heavy atom. The lowest BCUT2D eigenvalue weighted by Gasteiger charge is -2.04. The number of aliphatic hydroxyl groups is 2. The van der Waals surface area contributed by atoms with Gasteiger partial charge in [0.2, 0.25) is 0 Å². The maximum Gasteiger partial charge on any atom is 0.0521 e. The van der Waals surface area contributed by atoms with Crippen LogP contribution in [0.1, 0.15) is 11.1 Å². The van der Waals surface area contributed by atoms with Crippen molar-refractivity contribution in [2.24, 2.45) is 0 Å². The molecule has 4 heteroatoms. The van der Waals surface area contributed by atoms with Crippen LogP contribution in [-0.2, 0) is 12.8 Å². The Morgan fingerprint density at radius 2 is 1.06 bits per heavy atom. The van der Waals surface area contributed by atoms with E-state index in [2.05, 4.69) is 24.3 Å². The van der Waals surface area contributed by atoms with Gasteiger partial charge in [-0.1, -0.05) is 24.3 Å². The van der Waals surface area contributed by atoms with Crippen molar-refractivity contribution in [2.45, 2.75) is 12.8 Å². The highest BCUT2D eigenvalue weighted by Gasteiger charge is 1.96. The topological polar surface area (TPSA) is 40.5 Å². The third-order valence-corrected chi connectivity index (χ3v) is 4.49. The number of benzene rings is 1. The van der Waals surface area contributed by atoms with Crippen molar-refractivity contribution < 1.29 is 10.2 Å². The van der Waals surface area contributed by atoms with Crippen LogP contribution in [0.4, 0.5) is 0 Å². The molecule has 18 heavy (non-hydrogen) atoms. The van der Waals surface area contributed by atoms with Crippen molar-refractivity contribution in [3.63, 3.8) is 0 Å². The minimum absolute atomic E-state index is 0.273. The van der Waals surface area contributed by atoms with Crippen molar-refractivity contribution in [3.05, 3.63) is 35.4 Å². The molecule has 0 bridgehead atoms. The van der Waals surface area contributed by atoms with E-state index in [-0.39, 0.29) is 13.2 Å². The van der Waals surface area contributed by atoms with Crippen molar-refractivity contribution >= 4 is 23.5 Å². The van der Waals surface area contributed by atoms with Crippen molar-refractivity contribution in [3.8, 4) is 0 Å². The molecule has 0 heterocycles. The van der Waals surface area contributed by atoms with Crippen LogP contribution in [-0.4, -0.2) is 46.4 Å². The molecule has 1 aromatic carbocycles. The Bertz CT molecular complexity index is 270. The number of rotatable bonds is 10. The second kappa shape index (κ2) is 10.7. The lowest BCUT2D eigenvalue weighted by Crippen LogP contribution is -1.95. The first-order valence-corrected chi connectivity index (χ1v) is 8.63. The Hall–Kier alpha value is -0.160. The van der Waals surface area contributed by atoms with Crippen LogP contribution in [0.2, 0.25) is 0 Å². The first-order chi connectivity index (χ1) is 8.86. The molecule has 0 fully saturated rings. The summed E-state index contributed by atoms with van der Waals surface area (Å²) in [5.74, 6) is 3.82. The van der Waals surface area contributed by atoms with E-state index in [0.717, 1.165) is 35.9 Å². The summed E-state index contributed by atoms with van der Waals surface area (Å²) in [5.41, 5.74) is 2.74. The number of aliphatic hydroxyl groups excluding tert-OH is 2. The molecule has 0 aliphatic heterocycles. The van der Waals surface area contributed by atoms with Crippen molar-refractivity contribution in [1.29, 1.82) is 0 Å². The van der Waals surface area contributed by atoms with Crippen LogP contribution < -0.4 is 0 Å². The molecular weight excluding hydrogens is 264 g/mol. The minimum Gasteiger partial charge on any atom is -0.396 e. The van der Waals surface area contributed by atoms with Gasteiger partial charge in [0.1, 0.15) is 0 Å². The van der Waals surface area contributed by atoms with Gasteiger partial charge in [0.25, 0.3) is 0 Å². The van der Waals surface area contributed by atoms with E-state index in [0.29, 0.717) is 0 Å². The summed E-state index contributed by atoms with van der Waals surface area (Å²) in [6, 6.07) is 8.80. The number of thioether (sulfide) groups is 2. The van der Waals surface area contributed by atoms with Gasteiger partial charge in [0.05, 0.1) is 13.2 Å². The van der Waals surface area contributed by atoms with E-state index in [1.807, 2.05) is 0 Å². The Balaban J connectivity index is 2.20. The average Bonchev–Trinajstić information content (AvgIpc) is 2.41. The zero-order valence-electron chi connectivity index (χ0n) is 10.7. The predicted molar refractivity (Wildman–Crippen MR) is 82.7 cm³/mol. The lowest BCUT2D eigenvalue weighted by molar-refractivity contribution is 0.322. The van der Waals surface area contributed by atoms with Crippen LogP contribution in [0, 0.1) is 0 Å². The zero-order valence-corrected chi connectivity index (χ0v) is 12.3. The molecule has 0 saturated heterocycles. The predicted octanol–water partition coefficient (Wildman–Crippen LogP) is 2.22. The van der Waals surface area contributed by atoms with Gasteiger partial charge in [-0.05, 0) is 35.5 Å². The molecule has 102 valence electrons. The summed E-state index contributed by atoms with van der Waals surface area (Å²) in [6.45, 7) is 0.546. The van der Waals surface area contributed by atoms with E-state index in [9.17, 15) is 0 Å². The summed E-state index contributed by atoms with van der Waals surface area (Å²) >= 11 is 3.59. The van der Waals surface area contributed by atoms with E-state index < -0.39 is 0 Å². The van der Waals surface area contributed by atoms with E-state index in [1.165, 1.54) is 11.1 Å². The second-order valence-corrected chi connectivity index (χ2v) is 6.44. The van der Waals surface area contributed by atoms with Crippen LogP contribution >= 0.6 is 23.5 Å². The van der Waals surface area contributed by atoms with Crippen molar-refractivity contribution in [2.75, 3.05) is 36.2 Å². The second-order valence-electron chi connectivity index (χ2n) is 3.99. The molecule has 0 radical (unpaired) electrons. The third kappa shape index (κ3) is 7.31. The molecular formula is C14H22O2S2. The summed E-state index contributed by atoms with van der Waals surface area (Å²) in [4.78, 5) is 0. The van der Waals surface area contributed by atoms with Gasteiger partial charge in [-0.3, -0.25) is 0 Å². The van der Waals surface area contributed by atoms with Crippen LogP contribution in [0.25, 0.3) is 0 Å². The molecule has 1 aromatic rings. The zero-order chi connectivity index (χ0) is 13.1. The van der Waals surface area contributed by atoms with Crippen molar-refractivity contribution in [1.82, 2.24) is 0 Å². The third-order valence-electron chi connectivity index (χ3n) is 2.56. The minimum atomic E-state index is 0.273. The molecule has 0 unspecified atom stereocenters. The molecule has 0 amide bonds. The number of aryl methyl sites for hydroxylation is 2. The van der Waals surface area contributed by atoms with Gasteiger partial charge in [-0.25, -0.2) is 0 Å². The lowest BCUT2D eigenvalue weighted by atomic mass is 10.1. The summed E-state index contributed by atoms with van der Waals surface area (Å²) in [5, 5.41) is 17.4. The highest BCUT2D eigenvalue weighted by Crippen LogP contribution is 2.11. The fraction of sp³-hybridized carbons (Fsp3) is 0.571. The molecule has 1 rings (SSSR count). The summed E-state index contributed by atoms with van der Waals surface area (Å²) < 4.78 is 0. The standard InChI is InChI=1S/C14H22O2S2/c15-7-11-17-9-5-13-1-2-14(4-3-13)6-10-18-12-8-16/h1-4,15-16H,5-12H2. The van der Waals surface area contributed by atoms with Gasteiger partial charge < -0.3 is 10.2 Å². The van der Waals surface area contributed by atoms with Gasteiger partial charge in [0, 0.05) is 11.5 Å². The first kappa shape index (κ1) is 15.9. The molecule has 0 atom stereocenters. The van der Waals surface area contributed by atoms with E-state index in [4.69, 9.17) is 10.2 Å². The van der Waals surface area contributed by atoms with Gasteiger partial charge in [-0.2, -0.15) is 23.5 Å². The Morgan fingerprint density at radius 3 is 1.39 bits per heavy atom. The summed E-state index contributed by atoms with van der Waals surface area (Å²) in [6.07, 6.45) is 2.15. The molecule has 0 aliphatic rings. The highest BCUT2D eigenvalue weighted by molar-refractivity contribution is 7.99. The van der Waals surface area contributed by atoms with E-state index >= 15 is 0 Å². The molecule has 0 saturated carbocycles. The highest BCUT2D eigenvalue weighted by atomic mass is 32.2. The van der Waals surface area contributed by atoms with Gasteiger partial charge in [0.15, 0.2) is 0 Å². The number of hydrogen-bond acceptors (Lipinski definition) is 4. The monoisotopic (exact) mass is 286 g/mol. The number of hydrogen-bond donors (Lipinski definition) is 2. The maximum absolute atomic E-state index is 8.68. The van der Waals surface area contributed by atoms with Gasteiger partial charge in [-0.15, -0.1) is 0 Å². The quantitative estimate of drug-likeness (QED) is 0.647. The first-order valence-electron chi connectivity index (χ1n) is 6.32. The van der Waals surface area contributed by atoms with E-state index in [1.54, 1.807) is 23.5 Å². The van der Waals surface area contributed by atoms with Crippen LogP contribution in [0.3, 0.4) is 0 Å². The largest absolute Gasteiger partial charge is 0.396 e. The van der Waals surface area contributed by atoms with Crippen LogP contribution in [0.15, 0.2) is 24.3 Å². The molecule has 2 N–H and O–H groups in total. The SMILES string of the molecule is OCCSCCc1ccc(CCSCCO)cc1. The molecule has 2 nitrogen and oxygen atoms in total. The average molecular weight is 286 g/mol. The molecule has 0 aromatic heterocycles. The Labute approximate surface area is 118 Å². The fourth-order valence-corrected chi connectivity index (χ4v) is 3.01.